The quantitative estimate of drug-likeness (QED) is 0.705. The molecule has 0 saturated heterocycles. The molecule has 7 heteroatoms. The van der Waals surface area contributed by atoms with Crippen LogP contribution in [0, 0.1) is 11.8 Å². The summed E-state index contributed by atoms with van der Waals surface area (Å²) in [5, 5.41) is 9.89. The Bertz CT molecular complexity index is 800. The van der Waals surface area contributed by atoms with Gasteiger partial charge in [0.15, 0.2) is 5.82 Å². The number of fused-ring (bicyclic) bond motifs is 1. The summed E-state index contributed by atoms with van der Waals surface area (Å²) in [7, 11) is 0. The number of hydrogen-bond donors (Lipinski definition) is 2. The fourth-order valence-electron chi connectivity index (χ4n) is 1.86. The fourth-order valence-corrected chi connectivity index (χ4v) is 1.86. The molecule has 20 heavy (non-hydrogen) atoms. The van der Waals surface area contributed by atoms with Crippen molar-refractivity contribution in [3.8, 4) is 0 Å². The average Bonchev–Trinajstić information content (AvgIpc) is 2.91. The molecule has 0 atom stereocenters. The number of hydrogen-bond acceptors (Lipinski definition) is 3. The lowest BCUT2D eigenvalue weighted by Gasteiger charge is -2.07. The third-order valence-electron chi connectivity index (χ3n) is 2.82. The molecule has 0 radical (unpaired) electrons. The van der Waals surface area contributed by atoms with Crippen LogP contribution in [0.5, 0.6) is 0 Å². The van der Waals surface area contributed by atoms with E-state index in [0.29, 0.717) is 11.2 Å². The minimum atomic E-state index is -1.31. The molecule has 0 unspecified atom stereocenters. The number of para-hydroxylation sites is 1. The topological polar surface area (TPSA) is 70.7 Å². The average molecular weight is 274 g/mol. The summed E-state index contributed by atoms with van der Waals surface area (Å²) in [5.74, 6) is -3.34. The van der Waals surface area contributed by atoms with Crippen molar-refractivity contribution in [1.29, 1.82) is 0 Å². The second-order valence-electron chi connectivity index (χ2n) is 4.06. The van der Waals surface area contributed by atoms with E-state index in [1.54, 1.807) is 24.4 Å². The zero-order valence-electron chi connectivity index (χ0n) is 10.0. The van der Waals surface area contributed by atoms with Crippen molar-refractivity contribution in [3.05, 3.63) is 54.0 Å². The first-order valence-corrected chi connectivity index (χ1v) is 5.70. The zero-order valence-corrected chi connectivity index (χ0v) is 10.0. The van der Waals surface area contributed by atoms with Crippen molar-refractivity contribution >= 4 is 22.5 Å². The largest absolute Gasteiger partial charge is 0.320 e. The number of aromatic amines is 1. The number of nitrogens with zero attached hydrogens (tertiary/aromatic N) is 2. The molecule has 100 valence electrons. The van der Waals surface area contributed by atoms with Crippen LogP contribution in [0.15, 0.2) is 36.7 Å². The molecule has 0 fully saturated rings. The van der Waals surface area contributed by atoms with Crippen LogP contribution in [0.3, 0.4) is 0 Å². The number of rotatable bonds is 2. The molecule has 0 aliphatic carbocycles. The number of pyridine rings is 1. The number of amides is 1. The summed E-state index contributed by atoms with van der Waals surface area (Å²) in [4.78, 5) is 15.1. The van der Waals surface area contributed by atoms with Crippen molar-refractivity contribution in [2.24, 2.45) is 0 Å². The Balaban J connectivity index is 1.97. The lowest BCUT2D eigenvalue weighted by molar-refractivity contribution is 0.102. The molecule has 0 bridgehead atoms. The van der Waals surface area contributed by atoms with Gasteiger partial charge in [-0.1, -0.05) is 12.1 Å². The van der Waals surface area contributed by atoms with Crippen molar-refractivity contribution in [3.63, 3.8) is 0 Å². The Labute approximate surface area is 111 Å². The van der Waals surface area contributed by atoms with Gasteiger partial charge in [0, 0.05) is 11.6 Å². The summed E-state index contributed by atoms with van der Waals surface area (Å²) >= 11 is 0. The molecule has 0 saturated carbocycles. The van der Waals surface area contributed by atoms with E-state index in [4.69, 9.17) is 0 Å². The van der Waals surface area contributed by atoms with Gasteiger partial charge < -0.3 is 5.32 Å². The predicted molar refractivity (Wildman–Crippen MR) is 68.2 cm³/mol. The number of benzene rings is 1. The highest BCUT2D eigenvalue weighted by Crippen LogP contribution is 2.21. The summed E-state index contributed by atoms with van der Waals surface area (Å²) in [6.45, 7) is 0. The van der Waals surface area contributed by atoms with Gasteiger partial charge in [-0.25, -0.2) is 9.37 Å². The van der Waals surface area contributed by atoms with Crippen LogP contribution >= 0.6 is 0 Å². The van der Waals surface area contributed by atoms with Crippen LogP contribution in [0.4, 0.5) is 14.5 Å². The minimum absolute atomic E-state index is 0.408. The molecule has 3 rings (SSSR count). The van der Waals surface area contributed by atoms with E-state index in [-0.39, 0.29) is 0 Å². The maximum absolute atomic E-state index is 13.5. The van der Waals surface area contributed by atoms with E-state index in [1.807, 2.05) is 0 Å². The van der Waals surface area contributed by atoms with Gasteiger partial charge in [0.25, 0.3) is 5.91 Å². The van der Waals surface area contributed by atoms with Crippen molar-refractivity contribution < 1.29 is 13.6 Å². The van der Waals surface area contributed by atoms with Gasteiger partial charge in [-0.2, -0.15) is 9.49 Å². The SMILES string of the molecule is O=C(Nc1cccc2cn[nH]c12)c1ccnc(F)c1F. The maximum atomic E-state index is 13.5. The smallest absolute Gasteiger partial charge is 0.258 e. The molecular weight excluding hydrogens is 266 g/mol. The van der Waals surface area contributed by atoms with Crippen LogP contribution in [-0.4, -0.2) is 21.1 Å². The number of aromatic nitrogens is 3. The molecule has 0 spiro atoms. The monoisotopic (exact) mass is 274 g/mol. The molecule has 2 heterocycles. The minimum Gasteiger partial charge on any atom is -0.320 e. The lowest BCUT2D eigenvalue weighted by atomic mass is 10.2. The van der Waals surface area contributed by atoms with Crippen molar-refractivity contribution in [2.75, 3.05) is 5.32 Å². The van der Waals surface area contributed by atoms with E-state index < -0.39 is 23.2 Å². The third kappa shape index (κ3) is 1.99. The Morgan fingerprint density at radius 3 is 2.95 bits per heavy atom. The van der Waals surface area contributed by atoms with Crippen LogP contribution in [0.1, 0.15) is 10.4 Å². The van der Waals surface area contributed by atoms with Gasteiger partial charge in [-0.15, -0.1) is 0 Å². The van der Waals surface area contributed by atoms with Gasteiger partial charge in [-0.05, 0) is 12.1 Å². The van der Waals surface area contributed by atoms with Gasteiger partial charge in [0.1, 0.15) is 0 Å². The lowest BCUT2D eigenvalue weighted by Crippen LogP contribution is -2.15. The standard InChI is InChI=1S/C13H8F2N4O/c14-10-8(4-5-16-12(10)15)13(20)18-9-3-1-2-7-6-17-19-11(7)9/h1-6H,(H,17,19)(H,18,20). The number of halogens is 2. The maximum Gasteiger partial charge on any atom is 0.258 e. The zero-order chi connectivity index (χ0) is 14.1. The second kappa shape index (κ2) is 4.69. The third-order valence-corrected chi connectivity index (χ3v) is 2.82. The first kappa shape index (κ1) is 12.2. The highest BCUT2D eigenvalue weighted by atomic mass is 19.2. The molecular formula is C13H8F2N4O. The van der Waals surface area contributed by atoms with E-state index in [0.717, 1.165) is 17.6 Å². The molecule has 0 aliphatic heterocycles. The first-order valence-electron chi connectivity index (χ1n) is 5.70. The highest BCUT2D eigenvalue weighted by Gasteiger charge is 2.17. The summed E-state index contributed by atoms with van der Waals surface area (Å²) in [5.41, 5.74) is 0.631. The van der Waals surface area contributed by atoms with E-state index in [2.05, 4.69) is 20.5 Å². The molecule has 1 aromatic carbocycles. The summed E-state index contributed by atoms with van der Waals surface area (Å²) in [6, 6.07) is 6.27. The Hall–Kier alpha value is -2.83. The summed E-state index contributed by atoms with van der Waals surface area (Å²) < 4.78 is 26.5. The van der Waals surface area contributed by atoms with E-state index in [9.17, 15) is 13.6 Å². The van der Waals surface area contributed by atoms with Gasteiger partial charge in [0.2, 0.25) is 5.95 Å². The Morgan fingerprint density at radius 2 is 2.10 bits per heavy atom. The fraction of sp³-hybridized carbons (Fsp3) is 0. The number of H-pyrrole nitrogens is 1. The van der Waals surface area contributed by atoms with Crippen LogP contribution in [0.25, 0.3) is 10.9 Å². The molecule has 1 amide bonds. The molecule has 2 aromatic heterocycles. The summed E-state index contributed by atoms with van der Waals surface area (Å²) in [6.07, 6.45) is 2.63. The molecule has 3 aromatic rings. The van der Waals surface area contributed by atoms with E-state index in [1.165, 1.54) is 0 Å². The number of carbonyl (C=O) groups is 1. The molecule has 5 nitrogen and oxygen atoms in total. The number of anilines is 1. The normalized spacial score (nSPS) is 10.7. The Morgan fingerprint density at radius 1 is 1.25 bits per heavy atom. The van der Waals surface area contributed by atoms with Crippen molar-refractivity contribution in [1.82, 2.24) is 15.2 Å². The Kier molecular flexibility index (Phi) is 2.86. The molecule has 0 aliphatic rings. The van der Waals surface area contributed by atoms with Crippen LogP contribution in [0.2, 0.25) is 0 Å². The molecule has 2 N–H and O–H groups in total. The number of carbonyl (C=O) groups excluding carboxylic acids is 1. The van der Waals surface area contributed by atoms with Crippen LogP contribution in [-0.2, 0) is 0 Å². The van der Waals surface area contributed by atoms with E-state index >= 15 is 0 Å². The predicted octanol–water partition coefficient (Wildman–Crippen LogP) is 2.49. The van der Waals surface area contributed by atoms with Gasteiger partial charge in [0.05, 0.1) is 23.0 Å². The first-order chi connectivity index (χ1) is 9.66. The van der Waals surface area contributed by atoms with Gasteiger partial charge in [-0.3, -0.25) is 9.89 Å². The highest BCUT2D eigenvalue weighted by molar-refractivity contribution is 6.08. The van der Waals surface area contributed by atoms with Crippen LogP contribution < -0.4 is 5.32 Å². The second-order valence-corrected chi connectivity index (χ2v) is 4.06. The van der Waals surface area contributed by atoms with Crippen molar-refractivity contribution in [2.45, 2.75) is 0 Å². The van der Waals surface area contributed by atoms with Gasteiger partial charge >= 0.3 is 0 Å². The number of nitrogens with one attached hydrogen (secondary N) is 2.